The molecule has 2 aliphatic rings. The molecule has 1 aromatic rings. The van der Waals surface area contributed by atoms with E-state index in [0.717, 1.165) is 19.4 Å². The summed E-state index contributed by atoms with van der Waals surface area (Å²) in [5, 5.41) is 3.16. The van der Waals surface area contributed by atoms with E-state index in [0.29, 0.717) is 19.6 Å². The molecule has 0 unspecified atom stereocenters. The highest BCUT2D eigenvalue weighted by atomic mass is 16.2. The first kappa shape index (κ1) is 21.8. The van der Waals surface area contributed by atoms with Crippen LogP contribution in [0.1, 0.15) is 64.0 Å². The highest BCUT2D eigenvalue weighted by molar-refractivity contribution is 5.82. The van der Waals surface area contributed by atoms with Gasteiger partial charge in [-0.2, -0.15) is 0 Å². The van der Waals surface area contributed by atoms with Crippen molar-refractivity contribution in [3.63, 3.8) is 0 Å². The molecule has 0 saturated carbocycles. The van der Waals surface area contributed by atoms with Crippen molar-refractivity contribution in [3.8, 4) is 0 Å². The van der Waals surface area contributed by atoms with Crippen molar-refractivity contribution in [2.75, 3.05) is 26.2 Å². The van der Waals surface area contributed by atoms with Crippen molar-refractivity contribution in [1.29, 1.82) is 0 Å². The lowest BCUT2D eigenvalue weighted by atomic mass is 9.90. The quantitative estimate of drug-likeness (QED) is 0.823. The number of hydrogen-bond donors (Lipinski definition) is 1. The van der Waals surface area contributed by atoms with E-state index < -0.39 is 0 Å². The van der Waals surface area contributed by atoms with Gasteiger partial charge < -0.3 is 10.2 Å². The lowest BCUT2D eigenvalue weighted by Crippen LogP contribution is -2.46. The van der Waals surface area contributed by atoms with Gasteiger partial charge in [-0.15, -0.1) is 0 Å². The molecule has 0 radical (unpaired) electrons. The molecule has 29 heavy (non-hydrogen) atoms. The van der Waals surface area contributed by atoms with Crippen LogP contribution in [-0.2, 0) is 22.7 Å². The zero-order valence-electron chi connectivity index (χ0n) is 18.4. The van der Waals surface area contributed by atoms with Gasteiger partial charge in [0.1, 0.15) is 0 Å². The van der Waals surface area contributed by atoms with Crippen molar-refractivity contribution >= 4 is 11.8 Å². The van der Waals surface area contributed by atoms with Gasteiger partial charge in [0.15, 0.2) is 0 Å². The number of amides is 2. The van der Waals surface area contributed by atoms with Crippen molar-refractivity contribution in [3.05, 3.63) is 35.4 Å². The molecule has 0 bridgehead atoms. The van der Waals surface area contributed by atoms with Crippen molar-refractivity contribution in [2.24, 2.45) is 11.3 Å². The number of carbonyl (C=O) groups is 2. The lowest BCUT2D eigenvalue weighted by molar-refractivity contribution is -0.142. The van der Waals surface area contributed by atoms with Gasteiger partial charge in [0, 0.05) is 37.5 Å². The van der Waals surface area contributed by atoms with E-state index in [9.17, 15) is 9.59 Å². The second kappa shape index (κ2) is 9.75. The molecule has 5 nitrogen and oxygen atoms in total. The molecular weight excluding hydrogens is 362 g/mol. The number of nitrogens with zero attached hydrogens (tertiary/aromatic N) is 2. The number of hydrogen-bond acceptors (Lipinski definition) is 3. The number of benzene rings is 1. The topological polar surface area (TPSA) is 52.7 Å². The van der Waals surface area contributed by atoms with Gasteiger partial charge in [0.25, 0.3) is 0 Å². The molecule has 3 rings (SSSR count). The number of likely N-dealkylation sites (tertiary alicyclic amines) is 2. The smallest absolute Gasteiger partial charge is 0.227 e. The molecule has 1 aromatic carbocycles. The van der Waals surface area contributed by atoms with Crippen LogP contribution in [0.2, 0.25) is 0 Å². The molecule has 1 N–H and O–H groups in total. The van der Waals surface area contributed by atoms with Crippen LogP contribution in [-0.4, -0.2) is 47.8 Å². The Bertz CT molecular complexity index is 696. The summed E-state index contributed by atoms with van der Waals surface area (Å²) < 4.78 is 0. The largest absolute Gasteiger partial charge is 0.352 e. The zero-order chi connectivity index (χ0) is 20.9. The van der Waals surface area contributed by atoms with Crippen molar-refractivity contribution in [2.45, 2.75) is 66.0 Å². The third-order valence-electron chi connectivity index (χ3n) is 6.21. The zero-order valence-corrected chi connectivity index (χ0v) is 18.4. The van der Waals surface area contributed by atoms with Crippen LogP contribution in [0.3, 0.4) is 0 Å². The summed E-state index contributed by atoms with van der Waals surface area (Å²) in [6.45, 7) is 11.1. The van der Waals surface area contributed by atoms with Gasteiger partial charge in [-0.1, -0.05) is 51.5 Å². The molecular formula is C24H37N3O2. The molecule has 160 valence electrons. The SMILES string of the molecule is CC(C)(C)C(=O)N1CCC(C(=O)NCc2ccccc2CN2CCCCC2)CC1. The van der Waals surface area contributed by atoms with Crippen LogP contribution in [0, 0.1) is 11.3 Å². The molecule has 0 spiro atoms. The predicted octanol–water partition coefficient (Wildman–Crippen LogP) is 3.57. The van der Waals surface area contributed by atoms with Crippen LogP contribution in [0.4, 0.5) is 0 Å². The van der Waals surface area contributed by atoms with E-state index in [2.05, 4.69) is 34.5 Å². The fraction of sp³-hybridized carbons (Fsp3) is 0.667. The van der Waals surface area contributed by atoms with E-state index >= 15 is 0 Å². The normalized spacial score (nSPS) is 19.2. The third kappa shape index (κ3) is 6.05. The van der Waals surface area contributed by atoms with E-state index in [1.807, 2.05) is 25.7 Å². The summed E-state index contributed by atoms with van der Waals surface area (Å²) in [7, 11) is 0. The second-order valence-electron chi connectivity index (χ2n) is 9.64. The van der Waals surface area contributed by atoms with Crippen LogP contribution in [0.25, 0.3) is 0 Å². The molecule has 2 amide bonds. The van der Waals surface area contributed by atoms with Gasteiger partial charge in [-0.25, -0.2) is 0 Å². The number of rotatable bonds is 5. The maximum absolute atomic E-state index is 12.7. The molecule has 0 aromatic heterocycles. The first-order valence-corrected chi connectivity index (χ1v) is 11.2. The summed E-state index contributed by atoms with van der Waals surface area (Å²) >= 11 is 0. The first-order chi connectivity index (χ1) is 13.8. The van der Waals surface area contributed by atoms with E-state index in [-0.39, 0.29) is 23.1 Å². The van der Waals surface area contributed by atoms with Gasteiger partial charge in [-0.05, 0) is 49.9 Å². The highest BCUT2D eigenvalue weighted by Crippen LogP contribution is 2.24. The Kier molecular flexibility index (Phi) is 7.33. The standard InChI is InChI=1S/C24H37N3O2/c1-24(2,3)23(29)27-15-11-19(12-16-27)22(28)25-17-20-9-5-6-10-21(20)18-26-13-7-4-8-14-26/h5-6,9-10,19H,4,7-8,11-18H2,1-3H3,(H,25,28). The molecule has 2 fully saturated rings. The Labute approximate surface area is 175 Å². The van der Waals surface area contributed by atoms with Crippen LogP contribution in [0.15, 0.2) is 24.3 Å². The Morgan fingerprint density at radius 1 is 0.966 bits per heavy atom. The summed E-state index contributed by atoms with van der Waals surface area (Å²) in [4.78, 5) is 29.6. The fourth-order valence-corrected chi connectivity index (χ4v) is 4.39. The molecule has 2 saturated heterocycles. The van der Waals surface area contributed by atoms with Gasteiger partial charge >= 0.3 is 0 Å². The Hall–Kier alpha value is -1.88. The van der Waals surface area contributed by atoms with E-state index in [1.54, 1.807) is 0 Å². The molecule has 2 heterocycles. The average molecular weight is 400 g/mol. The highest BCUT2D eigenvalue weighted by Gasteiger charge is 2.32. The Morgan fingerprint density at radius 3 is 2.21 bits per heavy atom. The fourth-order valence-electron chi connectivity index (χ4n) is 4.39. The number of piperidine rings is 2. The summed E-state index contributed by atoms with van der Waals surface area (Å²) in [5.41, 5.74) is 2.18. The monoisotopic (exact) mass is 399 g/mol. The minimum absolute atomic E-state index is 0.00766. The first-order valence-electron chi connectivity index (χ1n) is 11.2. The molecule has 0 atom stereocenters. The van der Waals surface area contributed by atoms with Gasteiger partial charge in [0.2, 0.25) is 11.8 Å². The van der Waals surface area contributed by atoms with Crippen LogP contribution >= 0.6 is 0 Å². The summed E-state index contributed by atoms with van der Waals surface area (Å²) in [6, 6.07) is 8.46. The van der Waals surface area contributed by atoms with Gasteiger partial charge in [-0.3, -0.25) is 14.5 Å². The van der Waals surface area contributed by atoms with Gasteiger partial charge in [0.05, 0.1) is 0 Å². The van der Waals surface area contributed by atoms with Crippen LogP contribution < -0.4 is 5.32 Å². The second-order valence-corrected chi connectivity index (χ2v) is 9.64. The maximum atomic E-state index is 12.7. The lowest BCUT2D eigenvalue weighted by Gasteiger charge is -2.35. The minimum atomic E-state index is -0.354. The summed E-state index contributed by atoms with van der Waals surface area (Å²) in [6.07, 6.45) is 5.42. The summed E-state index contributed by atoms with van der Waals surface area (Å²) in [5.74, 6) is 0.317. The number of carbonyl (C=O) groups excluding carboxylic acids is 2. The number of nitrogens with one attached hydrogen (secondary N) is 1. The Balaban J connectivity index is 1.49. The Morgan fingerprint density at radius 2 is 1.59 bits per heavy atom. The molecule has 0 aliphatic carbocycles. The third-order valence-corrected chi connectivity index (χ3v) is 6.21. The van der Waals surface area contributed by atoms with E-state index in [1.165, 1.54) is 43.5 Å². The van der Waals surface area contributed by atoms with Crippen molar-refractivity contribution in [1.82, 2.24) is 15.1 Å². The van der Waals surface area contributed by atoms with Crippen LogP contribution in [0.5, 0.6) is 0 Å². The molecule has 2 aliphatic heterocycles. The average Bonchev–Trinajstić information content (AvgIpc) is 2.72. The van der Waals surface area contributed by atoms with Crippen molar-refractivity contribution < 1.29 is 9.59 Å². The minimum Gasteiger partial charge on any atom is -0.352 e. The molecule has 5 heteroatoms. The van der Waals surface area contributed by atoms with E-state index in [4.69, 9.17) is 0 Å². The maximum Gasteiger partial charge on any atom is 0.227 e. The predicted molar refractivity (Wildman–Crippen MR) is 116 cm³/mol.